The molecule has 0 amide bonds. The van der Waals surface area contributed by atoms with Crippen LogP contribution in [0.4, 0.5) is 0 Å². The predicted molar refractivity (Wildman–Crippen MR) is 63.6 cm³/mol. The highest BCUT2D eigenvalue weighted by Crippen LogP contribution is 2.28. The molecular weight excluding hydrogens is 279 g/mol. The minimum Gasteiger partial charge on any atom is -0.343 e. The number of carbonyl (C=O) groups is 1. The number of hydrogen-bond donors (Lipinski definition) is 1. The van der Waals surface area contributed by atoms with E-state index < -0.39 is 0 Å². The van der Waals surface area contributed by atoms with E-state index in [2.05, 4.69) is 25.9 Å². The van der Waals surface area contributed by atoms with E-state index in [0.29, 0.717) is 11.2 Å². The van der Waals surface area contributed by atoms with Gasteiger partial charge in [0.25, 0.3) is 0 Å². The fraction of sp³-hybridized carbons (Fsp3) is 0.200. The van der Waals surface area contributed by atoms with Crippen molar-refractivity contribution >= 4 is 44.3 Å². The van der Waals surface area contributed by atoms with Crippen LogP contribution >= 0.6 is 27.5 Å². The quantitative estimate of drug-likeness (QED) is 0.681. The molecule has 2 heterocycles. The first-order valence-electron chi connectivity index (χ1n) is 4.37. The van der Waals surface area contributed by atoms with Crippen LogP contribution < -0.4 is 0 Å². The van der Waals surface area contributed by atoms with Gasteiger partial charge in [0.05, 0.1) is 5.88 Å². The van der Waals surface area contributed by atoms with E-state index >= 15 is 0 Å². The van der Waals surface area contributed by atoms with Gasteiger partial charge in [-0.3, -0.25) is 4.79 Å². The minimum absolute atomic E-state index is 0.0187. The third-order valence-corrected chi connectivity index (χ3v) is 3.13. The fourth-order valence-corrected chi connectivity index (χ4v) is 2.25. The van der Waals surface area contributed by atoms with Gasteiger partial charge in [0.2, 0.25) is 0 Å². The van der Waals surface area contributed by atoms with Gasteiger partial charge >= 0.3 is 0 Å². The minimum atomic E-state index is -0.0888. The molecule has 0 atom stereocenters. The van der Waals surface area contributed by atoms with Crippen LogP contribution in [0.2, 0.25) is 0 Å². The van der Waals surface area contributed by atoms with Gasteiger partial charge in [0.1, 0.15) is 5.65 Å². The Balaban J connectivity index is 2.82. The van der Waals surface area contributed by atoms with Crippen molar-refractivity contribution in [1.82, 2.24) is 9.97 Å². The lowest BCUT2D eigenvalue weighted by atomic mass is 10.1. The second-order valence-corrected chi connectivity index (χ2v) is 4.32. The number of pyridine rings is 1. The third kappa shape index (κ3) is 1.68. The summed E-state index contributed by atoms with van der Waals surface area (Å²) in [6.45, 7) is 1.84. The second kappa shape index (κ2) is 3.94. The molecule has 5 heteroatoms. The number of aryl methyl sites for hydroxylation is 1. The van der Waals surface area contributed by atoms with Crippen molar-refractivity contribution < 1.29 is 4.79 Å². The molecule has 0 aromatic carbocycles. The number of hydrogen-bond acceptors (Lipinski definition) is 2. The van der Waals surface area contributed by atoms with Crippen LogP contribution in [-0.4, -0.2) is 21.6 Å². The Kier molecular flexibility index (Phi) is 2.80. The average Bonchev–Trinajstić information content (AvgIpc) is 2.55. The summed E-state index contributed by atoms with van der Waals surface area (Å²) in [6, 6.07) is 1.81. The summed E-state index contributed by atoms with van der Waals surface area (Å²) in [6.07, 6.45) is 1.68. The molecule has 0 unspecified atom stereocenters. The summed E-state index contributed by atoms with van der Waals surface area (Å²) >= 11 is 8.97. The first-order chi connectivity index (χ1) is 7.15. The number of Topliss-reactive ketones (excluding diaryl/α,β-unsaturated/α-hetero) is 1. The van der Waals surface area contributed by atoms with Crippen molar-refractivity contribution in [3.63, 3.8) is 0 Å². The number of nitrogens with one attached hydrogen (secondary N) is 1. The van der Waals surface area contributed by atoms with Crippen LogP contribution in [0.1, 0.15) is 16.1 Å². The molecule has 78 valence electrons. The summed E-state index contributed by atoms with van der Waals surface area (Å²) in [5.41, 5.74) is 2.13. The van der Waals surface area contributed by atoms with E-state index in [9.17, 15) is 4.79 Å². The van der Waals surface area contributed by atoms with E-state index in [1.807, 2.05) is 6.92 Å². The molecule has 0 fully saturated rings. The van der Waals surface area contributed by atoms with Crippen molar-refractivity contribution in [3.8, 4) is 0 Å². The van der Waals surface area contributed by atoms with E-state index in [4.69, 9.17) is 11.6 Å². The Labute approximate surface area is 100.0 Å². The molecule has 0 spiro atoms. The number of carbonyl (C=O) groups excluding carboxylic acids is 1. The molecule has 0 bridgehead atoms. The van der Waals surface area contributed by atoms with Gasteiger partial charge in [-0.15, -0.1) is 11.6 Å². The van der Waals surface area contributed by atoms with Crippen LogP contribution in [0.3, 0.4) is 0 Å². The monoisotopic (exact) mass is 286 g/mol. The summed E-state index contributed by atoms with van der Waals surface area (Å²) < 4.78 is 0.852. The Morgan fingerprint density at radius 3 is 3.07 bits per heavy atom. The standard InChI is InChI=1S/C10H8BrClN2O/c1-5-8(7(15)4-12)9-6(11)2-3-13-10(9)14-5/h2-3H,4H2,1H3,(H,13,14). The average molecular weight is 288 g/mol. The Morgan fingerprint density at radius 1 is 1.67 bits per heavy atom. The number of ketones is 1. The molecule has 0 aliphatic carbocycles. The lowest BCUT2D eigenvalue weighted by molar-refractivity contribution is 0.102. The van der Waals surface area contributed by atoms with Gasteiger partial charge in [-0.05, 0) is 28.9 Å². The van der Waals surface area contributed by atoms with Crippen LogP contribution in [0.15, 0.2) is 16.7 Å². The third-order valence-electron chi connectivity index (χ3n) is 2.23. The first-order valence-corrected chi connectivity index (χ1v) is 5.70. The molecule has 15 heavy (non-hydrogen) atoms. The van der Waals surface area contributed by atoms with E-state index in [-0.39, 0.29) is 11.7 Å². The maximum absolute atomic E-state index is 11.7. The Bertz CT molecular complexity index is 535. The topological polar surface area (TPSA) is 45.8 Å². The lowest BCUT2D eigenvalue weighted by Crippen LogP contribution is -2.01. The maximum atomic E-state index is 11.7. The SMILES string of the molecule is Cc1[nH]c2nccc(Br)c2c1C(=O)CCl. The molecule has 2 rings (SSSR count). The molecule has 2 aromatic rings. The molecule has 0 saturated carbocycles. The molecule has 0 saturated heterocycles. The maximum Gasteiger partial charge on any atom is 0.180 e. The number of aromatic nitrogens is 2. The zero-order valence-corrected chi connectivity index (χ0v) is 10.3. The first kappa shape index (κ1) is 10.6. The van der Waals surface area contributed by atoms with Gasteiger partial charge in [0, 0.05) is 27.3 Å². The number of rotatable bonds is 2. The number of fused-ring (bicyclic) bond motifs is 1. The predicted octanol–water partition coefficient (Wildman–Crippen LogP) is 3.06. The second-order valence-electron chi connectivity index (χ2n) is 3.20. The molecule has 0 aliphatic rings. The highest BCUT2D eigenvalue weighted by atomic mass is 79.9. The van der Waals surface area contributed by atoms with Crippen molar-refractivity contribution in [3.05, 3.63) is 28.0 Å². The zero-order chi connectivity index (χ0) is 11.0. The fourth-order valence-electron chi connectivity index (χ4n) is 1.61. The summed E-state index contributed by atoms with van der Waals surface area (Å²) in [5.74, 6) is -0.108. The molecule has 2 aromatic heterocycles. The number of H-pyrrole nitrogens is 1. The number of nitrogens with zero attached hydrogens (tertiary/aromatic N) is 1. The van der Waals surface area contributed by atoms with Crippen LogP contribution in [-0.2, 0) is 0 Å². The van der Waals surface area contributed by atoms with Crippen molar-refractivity contribution in [2.75, 3.05) is 5.88 Å². The van der Waals surface area contributed by atoms with Gasteiger partial charge in [0.15, 0.2) is 5.78 Å². The number of aromatic amines is 1. The summed E-state index contributed by atoms with van der Waals surface area (Å²) in [5, 5.41) is 0.806. The van der Waals surface area contributed by atoms with Crippen LogP contribution in [0, 0.1) is 6.92 Å². The number of halogens is 2. The zero-order valence-electron chi connectivity index (χ0n) is 7.97. The summed E-state index contributed by atoms with van der Waals surface area (Å²) in [4.78, 5) is 18.9. The summed E-state index contributed by atoms with van der Waals surface area (Å²) in [7, 11) is 0. The van der Waals surface area contributed by atoms with Crippen molar-refractivity contribution in [2.24, 2.45) is 0 Å². The number of alkyl halides is 1. The van der Waals surface area contributed by atoms with Gasteiger partial charge in [-0.1, -0.05) is 0 Å². The van der Waals surface area contributed by atoms with Gasteiger partial charge < -0.3 is 4.98 Å². The lowest BCUT2D eigenvalue weighted by Gasteiger charge is -1.98. The largest absolute Gasteiger partial charge is 0.343 e. The van der Waals surface area contributed by atoms with E-state index in [1.165, 1.54) is 0 Å². The van der Waals surface area contributed by atoms with Gasteiger partial charge in [-0.25, -0.2) is 4.98 Å². The van der Waals surface area contributed by atoms with Crippen molar-refractivity contribution in [2.45, 2.75) is 6.92 Å². The van der Waals surface area contributed by atoms with Crippen molar-refractivity contribution in [1.29, 1.82) is 0 Å². The van der Waals surface area contributed by atoms with Crippen LogP contribution in [0.25, 0.3) is 11.0 Å². The normalized spacial score (nSPS) is 10.9. The smallest absolute Gasteiger partial charge is 0.180 e. The van der Waals surface area contributed by atoms with E-state index in [0.717, 1.165) is 15.6 Å². The Morgan fingerprint density at radius 2 is 2.40 bits per heavy atom. The van der Waals surface area contributed by atoms with Crippen LogP contribution in [0.5, 0.6) is 0 Å². The molecule has 0 aliphatic heterocycles. The molecule has 3 nitrogen and oxygen atoms in total. The van der Waals surface area contributed by atoms with E-state index in [1.54, 1.807) is 12.3 Å². The highest BCUT2D eigenvalue weighted by Gasteiger charge is 2.17. The molecule has 1 N–H and O–H groups in total. The Hall–Kier alpha value is -0.870. The molecule has 0 radical (unpaired) electrons. The van der Waals surface area contributed by atoms with Gasteiger partial charge in [-0.2, -0.15) is 0 Å². The highest BCUT2D eigenvalue weighted by molar-refractivity contribution is 9.10. The molecular formula is C10H8BrClN2O.